The smallest absolute Gasteiger partial charge is 0.240 e. The summed E-state index contributed by atoms with van der Waals surface area (Å²) in [5, 5.41) is 6.45. The van der Waals surface area contributed by atoms with Crippen molar-refractivity contribution in [1.29, 1.82) is 0 Å². The molecule has 92 valence electrons. The van der Waals surface area contributed by atoms with Gasteiger partial charge < -0.3 is 15.4 Å². The van der Waals surface area contributed by atoms with Gasteiger partial charge in [0.2, 0.25) is 5.91 Å². The minimum absolute atomic E-state index is 0.0986. The molecule has 2 N–H and O–H groups in total. The van der Waals surface area contributed by atoms with E-state index >= 15 is 0 Å². The molecule has 0 aliphatic carbocycles. The van der Waals surface area contributed by atoms with Gasteiger partial charge in [-0.05, 0) is 46.6 Å². The second-order valence-electron chi connectivity index (χ2n) is 5.50. The van der Waals surface area contributed by atoms with Crippen LogP contribution in [0.25, 0.3) is 0 Å². The Hall–Kier alpha value is -0.610. The molecule has 1 amide bonds. The number of carbonyl (C=O) groups is 1. The number of ether oxygens (including phenoxy) is 1. The molecule has 0 radical (unpaired) electrons. The third-order valence-electron chi connectivity index (χ3n) is 4.16. The Kier molecular flexibility index (Phi) is 2.97. The molecule has 2 saturated heterocycles. The van der Waals surface area contributed by atoms with Crippen LogP contribution in [-0.2, 0) is 9.53 Å². The molecule has 3 unspecified atom stereocenters. The second kappa shape index (κ2) is 4.00. The highest BCUT2D eigenvalue weighted by atomic mass is 16.5. The van der Waals surface area contributed by atoms with Gasteiger partial charge in [-0.2, -0.15) is 0 Å². The van der Waals surface area contributed by atoms with Crippen molar-refractivity contribution in [2.75, 3.05) is 13.2 Å². The highest BCUT2D eigenvalue weighted by molar-refractivity contribution is 5.86. The fraction of sp³-hybridized carbons (Fsp3) is 0.917. The van der Waals surface area contributed by atoms with Crippen molar-refractivity contribution in [3.63, 3.8) is 0 Å². The summed E-state index contributed by atoms with van der Waals surface area (Å²) in [7, 11) is 0. The van der Waals surface area contributed by atoms with Gasteiger partial charge in [0.25, 0.3) is 0 Å². The van der Waals surface area contributed by atoms with Gasteiger partial charge in [0.1, 0.15) is 0 Å². The average Bonchev–Trinajstić information content (AvgIpc) is 2.77. The van der Waals surface area contributed by atoms with Crippen molar-refractivity contribution >= 4 is 5.91 Å². The van der Waals surface area contributed by atoms with Crippen LogP contribution in [0, 0.1) is 0 Å². The van der Waals surface area contributed by atoms with Crippen molar-refractivity contribution in [3.8, 4) is 0 Å². The fourth-order valence-electron chi connectivity index (χ4n) is 2.48. The highest BCUT2D eigenvalue weighted by Gasteiger charge is 2.43. The van der Waals surface area contributed by atoms with E-state index in [-0.39, 0.29) is 23.1 Å². The lowest BCUT2D eigenvalue weighted by atomic mass is 9.91. The molecule has 2 aliphatic heterocycles. The first-order chi connectivity index (χ1) is 7.46. The Balaban J connectivity index is 2.01. The van der Waals surface area contributed by atoms with Gasteiger partial charge >= 0.3 is 0 Å². The minimum Gasteiger partial charge on any atom is -0.376 e. The highest BCUT2D eigenvalue weighted by Crippen LogP contribution is 2.27. The molecular formula is C12H22N2O2. The number of amides is 1. The SMILES string of the molecule is CC1OCCC1(C)NC(=O)C1(C)CCCN1. The van der Waals surface area contributed by atoms with E-state index in [0.717, 1.165) is 32.4 Å². The first kappa shape index (κ1) is 11.9. The summed E-state index contributed by atoms with van der Waals surface area (Å²) in [6.07, 6.45) is 2.99. The van der Waals surface area contributed by atoms with E-state index in [1.807, 2.05) is 13.8 Å². The van der Waals surface area contributed by atoms with Crippen molar-refractivity contribution in [3.05, 3.63) is 0 Å². The minimum atomic E-state index is -0.384. The molecule has 16 heavy (non-hydrogen) atoms. The second-order valence-corrected chi connectivity index (χ2v) is 5.50. The third-order valence-corrected chi connectivity index (χ3v) is 4.16. The van der Waals surface area contributed by atoms with E-state index in [4.69, 9.17) is 4.74 Å². The molecular weight excluding hydrogens is 204 g/mol. The zero-order valence-corrected chi connectivity index (χ0v) is 10.4. The maximum Gasteiger partial charge on any atom is 0.240 e. The molecule has 0 bridgehead atoms. The molecule has 2 fully saturated rings. The maximum atomic E-state index is 12.2. The fourth-order valence-corrected chi connectivity index (χ4v) is 2.48. The van der Waals surface area contributed by atoms with Crippen LogP contribution in [-0.4, -0.2) is 36.2 Å². The molecule has 0 aromatic carbocycles. The van der Waals surface area contributed by atoms with Crippen LogP contribution in [0.5, 0.6) is 0 Å². The summed E-state index contributed by atoms with van der Waals surface area (Å²) in [6.45, 7) is 7.76. The number of hydrogen-bond acceptors (Lipinski definition) is 3. The maximum absolute atomic E-state index is 12.2. The largest absolute Gasteiger partial charge is 0.376 e. The topological polar surface area (TPSA) is 50.4 Å². The number of rotatable bonds is 2. The lowest BCUT2D eigenvalue weighted by Crippen LogP contribution is -2.59. The van der Waals surface area contributed by atoms with Crippen molar-refractivity contribution < 1.29 is 9.53 Å². The van der Waals surface area contributed by atoms with E-state index in [0.29, 0.717) is 0 Å². The predicted octanol–water partition coefficient (Wildman–Crippen LogP) is 0.812. The average molecular weight is 226 g/mol. The first-order valence-corrected chi connectivity index (χ1v) is 6.16. The Labute approximate surface area is 97.1 Å². The van der Waals surface area contributed by atoms with E-state index in [1.54, 1.807) is 0 Å². The lowest BCUT2D eigenvalue weighted by Gasteiger charge is -2.33. The van der Waals surface area contributed by atoms with Crippen LogP contribution < -0.4 is 10.6 Å². The summed E-state index contributed by atoms with van der Waals surface area (Å²) >= 11 is 0. The zero-order valence-electron chi connectivity index (χ0n) is 10.4. The molecule has 4 nitrogen and oxygen atoms in total. The molecule has 0 aromatic rings. The van der Waals surface area contributed by atoms with Crippen molar-refractivity contribution in [2.45, 2.75) is 57.2 Å². The molecule has 0 saturated carbocycles. The molecule has 2 heterocycles. The molecule has 0 aromatic heterocycles. The van der Waals surface area contributed by atoms with Crippen LogP contribution in [0.3, 0.4) is 0 Å². The Morgan fingerprint density at radius 2 is 2.19 bits per heavy atom. The first-order valence-electron chi connectivity index (χ1n) is 6.16. The van der Waals surface area contributed by atoms with Crippen LogP contribution in [0.1, 0.15) is 40.0 Å². The summed E-state index contributed by atoms with van der Waals surface area (Å²) in [6, 6.07) is 0. The quantitative estimate of drug-likeness (QED) is 0.732. The van der Waals surface area contributed by atoms with Gasteiger partial charge in [0.15, 0.2) is 0 Å². The summed E-state index contributed by atoms with van der Waals surface area (Å²) in [4.78, 5) is 12.2. The monoisotopic (exact) mass is 226 g/mol. The zero-order chi connectivity index (χ0) is 11.8. The standard InChI is InChI=1S/C12H22N2O2/c1-9-11(2,6-8-16-9)14-10(15)12(3)5-4-7-13-12/h9,13H,4-8H2,1-3H3,(H,14,15). The van der Waals surface area contributed by atoms with Gasteiger partial charge in [-0.1, -0.05) is 0 Å². The van der Waals surface area contributed by atoms with Gasteiger partial charge in [-0.15, -0.1) is 0 Å². The molecule has 2 aliphatic rings. The summed E-state index contributed by atoms with van der Waals surface area (Å²) < 4.78 is 5.53. The van der Waals surface area contributed by atoms with Crippen molar-refractivity contribution in [1.82, 2.24) is 10.6 Å². The Morgan fingerprint density at radius 1 is 1.44 bits per heavy atom. The van der Waals surface area contributed by atoms with Crippen molar-refractivity contribution in [2.24, 2.45) is 0 Å². The molecule has 3 atom stereocenters. The molecule has 2 rings (SSSR count). The van der Waals surface area contributed by atoms with Gasteiger partial charge in [-0.3, -0.25) is 4.79 Å². The van der Waals surface area contributed by atoms with Gasteiger partial charge in [0.05, 0.1) is 17.2 Å². The number of carbonyl (C=O) groups excluding carboxylic acids is 1. The van der Waals surface area contributed by atoms with E-state index in [2.05, 4.69) is 17.6 Å². The normalized spacial score (nSPS) is 43.6. The van der Waals surface area contributed by atoms with E-state index < -0.39 is 0 Å². The van der Waals surface area contributed by atoms with Gasteiger partial charge in [-0.25, -0.2) is 0 Å². The lowest BCUT2D eigenvalue weighted by molar-refractivity contribution is -0.129. The number of hydrogen-bond donors (Lipinski definition) is 2. The van der Waals surface area contributed by atoms with Gasteiger partial charge in [0, 0.05) is 6.61 Å². The van der Waals surface area contributed by atoms with Crippen LogP contribution in [0.15, 0.2) is 0 Å². The molecule has 0 spiro atoms. The predicted molar refractivity (Wildman–Crippen MR) is 62.2 cm³/mol. The van der Waals surface area contributed by atoms with Crippen LogP contribution in [0.2, 0.25) is 0 Å². The van der Waals surface area contributed by atoms with Crippen LogP contribution in [0.4, 0.5) is 0 Å². The van der Waals surface area contributed by atoms with Crippen LogP contribution >= 0.6 is 0 Å². The Morgan fingerprint density at radius 3 is 2.69 bits per heavy atom. The summed E-state index contributed by atoms with van der Waals surface area (Å²) in [5.41, 5.74) is -0.588. The summed E-state index contributed by atoms with van der Waals surface area (Å²) in [5.74, 6) is 0.116. The molecule has 4 heteroatoms. The van der Waals surface area contributed by atoms with E-state index in [9.17, 15) is 4.79 Å². The number of nitrogens with one attached hydrogen (secondary N) is 2. The Bertz CT molecular complexity index is 287. The van der Waals surface area contributed by atoms with E-state index in [1.165, 1.54) is 0 Å². The third kappa shape index (κ3) is 1.96.